The Labute approximate surface area is 123 Å². The SMILES string of the molecule is COc1ccccc1NC(C(=O)O)c1ccccc1OC. The molecule has 0 spiro atoms. The fourth-order valence-corrected chi connectivity index (χ4v) is 2.10. The summed E-state index contributed by atoms with van der Waals surface area (Å²) in [7, 11) is 3.06. The van der Waals surface area contributed by atoms with E-state index < -0.39 is 12.0 Å². The molecular weight excluding hydrogens is 270 g/mol. The molecule has 0 radical (unpaired) electrons. The van der Waals surface area contributed by atoms with Gasteiger partial charge in [0.15, 0.2) is 6.04 Å². The van der Waals surface area contributed by atoms with Crippen molar-refractivity contribution in [3.63, 3.8) is 0 Å². The first-order valence-electron chi connectivity index (χ1n) is 6.42. The normalized spacial score (nSPS) is 11.5. The zero-order valence-electron chi connectivity index (χ0n) is 11.9. The molecule has 2 aromatic carbocycles. The fourth-order valence-electron chi connectivity index (χ4n) is 2.10. The summed E-state index contributed by atoms with van der Waals surface area (Å²) in [5.41, 5.74) is 1.16. The number of anilines is 1. The molecule has 0 saturated heterocycles. The summed E-state index contributed by atoms with van der Waals surface area (Å²) < 4.78 is 10.5. The first-order valence-corrected chi connectivity index (χ1v) is 6.42. The van der Waals surface area contributed by atoms with Gasteiger partial charge in [0, 0.05) is 5.56 Å². The first kappa shape index (κ1) is 14.7. The van der Waals surface area contributed by atoms with Crippen molar-refractivity contribution >= 4 is 11.7 Å². The van der Waals surface area contributed by atoms with Gasteiger partial charge in [-0.1, -0.05) is 30.3 Å². The molecule has 0 bridgehead atoms. The standard InChI is InChI=1S/C16H17NO4/c1-20-13-9-5-3-7-11(13)15(16(18)19)17-12-8-4-6-10-14(12)21-2/h3-10,15,17H,1-2H3,(H,18,19). The minimum Gasteiger partial charge on any atom is -0.496 e. The van der Waals surface area contributed by atoms with E-state index in [4.69, 9.17) is 9.47 Å². The van der Waals surface area contributed by atoms with Crippen LogP contribution in [-0.2, 0) is 4.79 Å². The van der Waals surface area contributed by atoms with E-state index in [1.54, 1.807) is 43.5 Å². The first-order chi connectivity index (χ1) is 10.2. The quantitative estimate of drug-likeness (QED) is 0.855. The Morgan fingerprint density at radius 1 is 1.00 bits per heavy atom. The van der Waals surface area contributed by atoms with Gasteiger partial charge in [-0.15, -0.1) is 0 Å². The molecule has 0 aromatic heterocycles. The second-order valence-corrected chi connectivity index (χ2v) is 4.36. The average Bonchev–Trinajstić information content (AvgIpc) is 2.52. The number of hydrogen-bond donors (Lipinski definition) is 2. The van der Waals surface area contributed by atoms with E-state index in [1.807, 2.05) is 12.1 Å². The van der Waals surface area contributed by atoms with E-state index >= 15 is 0 Å². The molecule has 0 aliphatic heterocycles. The minimum absolute atomic E-state index is 0.521. The predicted octanol–water partition coefficient (Wildman–Crippen LogP) is 2.94. The Kier molecular flexibility index (Phi) is 4.66. The molecule has 5 heteroatoms. The van der Waals surface area contributed by atoms with Crippen LogP contribution in [0.15, 0.2) is 48.5 Å². The molecule has 0 aliphatic carbocycles. The van der Waals surface area contributed by atoms with E-state index in [0.29, 0.717) is 22.7 Å². The van der Waals surface area contributed by atoms with Gasteiger partial charge in [-0.25, -0.2) is 4.79 Å². The summed E-state index contributed by atoms with van der Waals surface area (Å²) in [5.74, 6) is 0.108. The topological polar surface area (TPSA) is 67.8 Å². The molecule has 5 nitrogen and oxygen atoms in total. The van der Waals surface area contributed by atoms with Gasteiger partial charge in [0.25, 0.3) is 0 Å². The third-order valence-corrected chi connectivity index (χ3v) is 3.10. The number of carboxylic acid groups (broad SMARTS) is 1. The Morgan fingerprint density at radius 3 is 2.19 bits per heavy atom. The van der Waals surface area contributed by atoms with E-state index in [0.717, 1.165) is 0 Å². The molecule has 0 aliphatic rings. The molecule has 1 atom stereocenters. The maximum absolute atomic E-state index is 11.6. The highest BCUT2D eigenvalue weighted by Gasteiger charge is 2.24. The van der Waals surface area contributed by atoms with Crippen LogP contribution >= 0.6 is 0 Å². The third-order valence-electron chi connectivity index (χ3n) is 3.10. The van der Waals surface area contributed by atoms with E-state index in [-0.39, 0.29) is 0 Å². The van der Waals surface area contributed by atoms with Crippen molar-refractivity contribution in [2.45, 2.75) is 6.04 Å². The van der Waals surface area contributed by atoms with E-state index in [1.165, 1.54) is 7.11 Å². The zero-order chi connectivity index (χ0) is 15.2. The molecule has 110 valence electrons. The summed E-state index contributed by atoms with van der Waals surface area (Å²) >= 11 is 0. The Balaban J connectivity index is 2.38. The number of ether oxygens (including phenoxy) is 2. The number of methoxy groups -OCH3 is 2. The van der Waals surface area contributed by atoms with Crippen LogP contribution < -0.4 is 14.8 Å². The fraction of sp³-hybridized carbons (Fsp3) is 0.188. The lowest BCUT2D eigenvalue weighted by Gasteiger charge is -2.20. The molecule has 2 N–H and O–H groups in total. The summed E-state index contributed by atoms with van der Waals surface area (Å²) in [5, 5.41) is 12.5. The number of carboxylic acids is 1. The van der Waals surface area contributed by atoms with Gasteiger partial charge in [-0.3, -0.25) is 0 Å². The molecule has 0 fully saturated rings. The Bertz CT molecular complexity index is 627. The van der Waals surface area contributed by atoms with Crippen LogP contribution in [0.25, 0.3) is 0 Å². The lowest BCUT2D eigenvalue weighted by atomic mass is 10.1. The van der Waals surface area contributed by atoms with Gasteiger partial charge in [0.05, 0.1) is 19.9 Å². The van der Waals surface area contributed by atoms with Crippen molar-refractivity contribution in [2.24, 2.45) is 0 Å². The number of para-hydroxylation sites is 3. The van der Waals surface area contributed by atoms with Crippen LogP contribution in [0, 0.1) is 0 Å². The molecular formula is C16H17NO4. The maximum atomic E-state index is 11.6. The van der Waals surface area contributed by atoms with Crippen LogP contribution in [0.4, 0.5) is 5.69 Å². The molecule has 21 heavy (non-hydrogen) atoms. The van der Waals surface area contributed by atoms with Gasteiger partial charge in [0.2, 0.25) is 0 Å². The minimum atomic E-state index is -0.995. The molecule has 1 unspecified atom stereocenters. The number of rotatable bonds is 6. The number of hydrogen-bond acceptors (Lipinski definition) is 4. The third kappa shape index (κ3) is 3.25. The molecule has 2 rings (SSSR count). The van der Waals surface area contributed by atoms with Gasteiger partial charge in [-0.2, -0.15) is 0 Å². The second kappa shape index (κ2) is 6.65. The largest absolute Gasteiger partial charge is 0.496 e. The Morgan fingerprint density at radius 2 is 1.57 bits per heavy atom. The van der Waals surface area contributed by atoms with Crippen molar-refractivity contribution in [1.29, 1.82) is 0 Å². The lowest BCUT2D eigenvalue weighted by molar-refractivity contribution is -0.138. The van der Waals surface area contributed by atoms with Crippen LogP contribution in [-0.4, -0.2) is 25.3 Å². The van der Waals surface area contributed by atoms with Crippen LogP contribution in [0.2, 0.25) is 0 Å². The lowest BCUT2D eigenvalue weighted by Crippen LogP contribution is -2.21. The van der Waals surface area contributed by atoms with E-state index in [2.05, 4.69) is 5.32 Å². The van der Waals surface area contributed by atoms with Gasteiger partial charge in [-0.05, 0) is 18.2 Å². The van der Waals surface area contributed by atoms with Crippen molar-refractivity contribution in [2.75, 3.05) is 19.5 Å². The Hall–Kier alpha value is -2.69. The maximum Gasteiger partial charge on any atom is 0.330 e. The van der Waals surface area contributed by atoms with Gasteiger partial charge in [0.1, 0.15) is 11.5 Å². The summed E-state index contributed by atoms with van der Waals surface area (Å²) in [4.78, 5) is 11.6. The zero-order valence-corrected chi connectivity index (χ0v) is 11.9. The van der Waals surface area contributed by atoms with Crippen molar-refractivity contribution in [1.82, 2.24) is 0 Å². The highest BCUT2D eigenvalue weighted by Crippen LogP contribution is 2.31. The van der Waals surface area contributed by atoms with Crippen molar-refractivity contribution < 1.29 is 19.4 Å². The number of benzene rings is 2. The highest BCUT2D eigenvalue weighted by atomic mass is 16.5. The number of aliphatic carboxylic acids is 1. The molecule has 0 heterocycles. The predicted molar refractivity (Wildman–Crippen MR) is 80.0 cm³/mol. The summed E-state index contributed by atoms with van der Waals surface area (Å²) in [6.07, 6.45) is 0. The average molecular weight is 287 g/mol. The van der Waals surface area contributed by atoms with Crippen LogP contribution in [0.1, 0.15) is 11.6 Å². The van der Waals surface area contributed by atoms with Gasteiger partial charge >= 0.3 is 5.97 Å². The smallest absolute Gasteiger partial charge is 0.330 e. The van der Waals surface area contributed by atoms with Crippen molar-refractivity contribution in [3.8, 4) is 11.5 Å². The van der Waals surface area contributed by atoms with E-state index in [9.17, 15) is 9.90 Å². The van der Waals surface area contributed by atoms with Crippen molar-refractivity contribution in [3.05, 3.63) is 54.1 Å². The highest BCUT2D eigenvalue weighted by molar-refractivity contribution is 5.81. The molecule has 0 saturated carbocycles. The molecule has 0 amide bonds. The monoisotopic (exact) mass is 287 g/mol. The van der Waals surface area contributed by atoms with Crippen LogP contribution in [0.5, 0.6) is 11.5 Å². The summed E-state index contributed by atoms with van der Waals surface area (Å²) in [6.45, 7) is 0. The number of carbonyl (C=O) groups is 1. The second-order valence-electron chi connectivity index (χ2n) is 4.36. The van der Waals surface area contributed by atoms with Crippen LogP contribution in [0.3, 0.4) is 0 Å². The molecule has 2 aromatic rings. The van der Waals surface area contributed by atoms with Gasteiger partial charge < -0.3 is 19.9 Å². The summed E-state index contributed by atoms with van der Waals surface area (Å²) in [6, 6.07) is 13.3. The number of nitrogens with one attached hydrogen (secondary N) is 1.